The van der Waals surface area contributed by atoms with Crippen LogP contribution in [0, 0.1) is 10.1 Å². The quantitative estimate of drug-likeness (QED) is 0.633. The van der Waals surface area contributed by atoms with Crippen LogP contribution in [-0.4, -0.2) is 40.5 Å². The minimum atomic E-state index is -0.527. The molecule has 1 aliphatic rings. The van der Waals surface area contributed by atoms with Gasteiger partial charge in [-0.1, -0.05) is 0 Å². The molecule has 8 nitrogen and oxygen atoms in total. The second kappa shape index (κ2) is 7.57. The SMILES string of the molecule is COc1ccc(NC(=O)CN2CCC[C@H]2c2cccn2C)c([N+](=O)[O-])c1. The van der Waals surface area contributed by atoms with E-state index in [0.717, 1.165) is 19.4 Å². The highest BCUT2D eigenvalue weighted by Crippen LogP contribution is 2.32. The summed E-state index contributed by atoms with van der Waals surface area (Å²) in [5, 5.41) is 13.9. The number of carbonyl (C=O) groups excluding carboxylic acids is 1. The topological polar surface area (TPSA) is 89.6 Å². The van der Waals surface area contributed by atoms with E-state index in [1.165, 1.54) is 24.9 Å². The number of hydrogen-bond donors (Lipinski definition) is 1. The second-order valence-electron chi connectivity index (χ2n) is 6.36. The van der Waals surface area contributed by atoms with E-state index in [4.69, 9.17) is 4.74 Å². The summed E-state index contributed by atoms with van der Waals surface area (Å²) in [5.74, 6) is 0.109. The molecule has 0 aliphatic carbocycles. The fraction of sp³-hybridized carbons (Fsp3) is 0.389. The second-order valence-corrected chi connectivity index (χ2v) is 6.36. The molecule has 26 heavy (non-hydrogen) atoms. The molecular formula is C18H22N4O4. The molecule has 1 N–H and O–H groups in total. The molecule has 2 heterocycles. The Morgan fingerprint density at radius 1 is 1.42 bits per heavy atom. The van der Waals surface area contributed by atoms with Gasteiger partial charge >= 0.3 is 0 Å². The zero-order chi connectivity index (χ0) is 18.7. The van der Waals surface area contributed by atoms with Crippen molar-refractivity contribution in [1.82, 2.24) is 9.47 Å². The van der Waals surface area contributed by atoms with Crippen LogP contribution < -0.4 is 10.1 Å². The lowest BCUT2D eigenvalue weighted by Gasteiger charge is -2.24. The molecule has 1 aromatic heterocycles. The predicted octanol–water partition coefficient (Wildman–Crippen LogP) is 2.72. The van der Waals surface area contributed by atoms with Gasteiger partial charge in [-0.15, -0.1) is 0 Å². The van der Waals surface area contributed by atoms with Crippen molar-refractivity contribution in [3.05, 3.63) is 52.3 Å². The number of aryl methyl sites for hydroxylation is 1. The monoisotopic (exact) mass is 358 g/mol. The van der Waals surface area contributed by atoms with Crippen LogP contribution >= 0.6 is 0 Å². The van der Waals surface area contributed by atoms with Gasteiger partial charge in [0.25, 0.3) is 5.69 Å². The molecule has 1 fully saturated rings. The fourth-order valence-corrected chi connectivity index (χ4v) is 3.44. The van der Waals surface area contributed by atoms with E-state index in [0.29, 0.717) is 5.75 Å². The molecule has 0 spiro atoms. The average molecular weight is 358 g/mol. The Kier molecular flexibility index (Phi) is 5.22. The van der Waals surface area contributed by atoms with Crippen LogP contribution in [0.1, 0.15) is 24.6 Å². The number of benzene rings is 1. The first-order valence-electron chi connectivity index (χ1n) is 8.47. The van der Waals surface area contributed by atoms with Crippen LogP contribution in [0.4, 0.5) is 11.4 Å². The molecule has 1 aromatic carbocycles. The van der Waals surface area contributed by atoms with E-state index >= 15 is 0 Å². The molecule has 1 saturated heterocycles. The minimum Gasteiger partial charge on any atom is -0.496 e. The molecule has 138 valence electrons. The number of likely N-dealkylation sites (tertiary alicyclic amines) is 1. The highest BCUT2D eigenvalue weighted by Gasteiger charge is 2.29. The number of anilines is 1. The van der Waals surface area contributed by atoms with Crippen molar-refractivity contribution in [3.63, 3.8) is 0 Å². The zero-order valence-corrected chi connectivity index (χ0v) is 14.8. The van der Waals surface area contributed by atoms with Gasteiger partial charge in [-0.2, -0.15) is 0 Å². The molecule has 0 saturated carbocycles. The van der Waals surface area contributed by atoms with Crippen LogP contribution in [0.15, 0.2) is 36.5 Å². The summed E-state index contributed by atoms with van der Waals surface area (Å²) in [6.07, 6.45) is 4.01. The van der Waals surface area contributed by atoms with Gasteiger partial charge < -0.3 is 14.6 Å². The molecule has 0 radical (unpaired) electrons. The summed E-state index contributed by atoms with van der Waals surface area (Å²) in [7, 11) is 3.43. The Bertz CT molecular complexity index is 817. The number of methoxy groups -OCH3 is 1. The van der Waals surface area contributed by atoms with Gasteiger partial charge in [0.05, 0.1) is 30.7 Å². The first kappa shape index (κ1) is 17.9. The molecule has 1 atom stereocenters. The maximum Gasteiger partial charge on any atom is 0.296 e. The van der Waals surface area contributed by atoms with Crippen molar-refractivity contribution < 1.29 is 14.5 Å². The number of amides is 1. The van der Waals surface area contributed by atoms with E-state index < -0.39 is 4.92 Å². The third-order valence-corrected chi connectivity index (χ3v) is 4.71. The minimum absolute atomic E-state index is 0.176. The Balaban J connectivity index is 1.71. The number of carbonyl (C=O) groups is 1. The Morgan fingerprint density at radius 2 is 2.23 bits per heavy atom. The van der Waals surface area contributed by atoms with Crippen molar-refractivity contribution in [2.75, 3.05) is 25.5 Å². The number of rotatable bonds is 6. The molecule has 3 rings (SSSR count). The van der Waals surface area contributed by atoms with E-state index in [1.807, 2.05) is 19.3 Å². The zero-order valence-electron chi connectivity index (χ0n) is 14.8. The number of hydrogen-bond acceptors (Lipinski definition) is 5. The van der Waals surface area contributed by atoms with Crippen LogP contribution in [0.3, 0.4) is 0 Å². The third kappa shape index (κ3) is 3.70. The van der Waals surface area contributed by atoms with Gasteiger partial charge in [0, 0.05) is 18.9 Å². The molecule has 0 bridgehead atoms. The van der Waals surface area contributed by atoms with Gasteiger partial charge in [0.1, 0.15) is 11.4 Å². The first-order chi connectivity index (χ1) is 12.5. The van der Waals surface area contributed by atoms with Crippen molar-refractivity contribution >= 4 is 17.3 Å². The number of nitrogens with one attached hydrogen (secondary N) is 1. The molecule has 2 aromatic rings. The molecule has 0 unspecified atom stereocenters. The van der Waals surface area contributed by atoms with Crippen LogP contribution in [0.5, 0.6) is 5.75 Å². The number of nitro groups is 1. The lowest BCUT2D eigenvalue weighted by Crippen LogP contribution is -2.33. The summed E-state index contributed by atoms with van der Waals surface area (Å²) in [5.41, 5.74) is 1.17. The molecule has 1 aliphatic heterocycles. The molecular weight excluding hydrogens is 336 g/mol. The van der Waals surface area contributed by atoms with Crippen LogP contribution in [-0.2, 0) is 11.8 Å². The van der Waals surface area contributed by atoms with E-state index in [9.17, 15) is 14.9 Å². The first-order valence-corrected chi connectivity index (χ1v) is 8.47. The van der Waals surface area contributed by atoms with Gasteiger partial charge in [0.2, 0.25) is 5.91 Å². The maximum atomic E-state index is 12.5. The number of nitrogens with zero attached hydrogens (tertiary/aromatic N) is 3. The van der Waals surface area contributed by atoms with Crippen molar-refractivity contribution in [2.45, 2.75) is 18.9 Å². The van der Waals surface area contributed by atoms with Crippen LogP contribution in [0.2, 0.25) is 0 Å². The third-order valence-electron chi connectivity index (χ3n) is 4.71. The van der Waals surface area contributed by atoms with Gasteiger partial charge in [-0.05, 0) is 43.7 Å². The highest BCUT2D eigenvalue weighted by atomic mass is 16.6. The van der Waals surface area contributed by atoms with Gasteiger partial charge in [0.15, 0.2) is 0 Å². The van der Waals surface area contributed by atoms with Gasteiger partial charge in [-0.3, -0.25) is 19.8 Å². The number of ether oxygens (including phenoxy) is 1. The Hall–Kier alpha value is -2.87. The van der Waals surface area contributed by atoms with E-state index in [1.54, 1.807) is 6.07 Å². The number of aromatic nitrogens is 1. The standard InChI is InChI=1S/C18H22N4O4/c1-20-9-3-5-15(20)16-6-4-10-21(16)12-18(23)19-14-8-7-13(26-2)11-17(14)22(24)25/h3,5,7-9,11,16H,4,6,10,12H2,1-2H3,(H,19,23)/t16-/m0/s1. The Morgan fingerprint density at radius 3 is 2.88 bits per heavy atom. The maximum absolute atomic E-state index is 12.5. The predicted molar refractivity (Wildman–Crippen MR) is 97.2 cm³/mol. The van der Waals surface area contributed by atoms with Gasteiger partial charge in [-0.25, -0.2) is 0 Å². The molecule has 8 heteroatoms. The summed E-state index contributed by atoms with van der Waals surface area (Å²) >= 11 is 0. The summed E-state index contributed by atoms with van der Waals surface area (Å²) < 4.78 is 7.08. The largest absolute Gasteiger partial charge is 0.496 e. The highest BCUT2D eigenvalue weighted by molar-refractivity contribution is 5.94. The normalized spacial score (nSPS) is 17.2. The van der Waals surface area contributed by atoms with Crippen molar-refractivity contribution in [3.8, 4) is 5.75 Å². The fourth-order valence-electron chi connectivity index (χ4n) is 3.44. The number of nitro benzene ring substituents is 1. The van der Waals surface area contributed by atoms with E-state index in [-0.39, 0.29) is 29.9 Å². The Labute approximate surface area is 151 Å². The van der Waals surface area contributed by atoms with Crippen molar-refractivity contribution in [2.24, 2.45) is 7.05 Å². The summed E-state index contributed by atoms with van der Waals surface area (Å²) in [4.78, 5) is 25.3. The average Bonchev–Trinajstić information content (AvgIpc) is 3.23. The smallest absolute Gasteiger partial charge is 0.296 e. The van der Waals surface area contributed by atoms with E-state index in [2.05, 4.69) is 20.9 Å². The summed E-state index contributed by atoms with van der Waals surface area (Å²) in [6, 6.07) is 8.63. The lowest BCUT2D eigenvalue weighted by molar-refractivity contribution is -0.384. The summed E-state index contributed by atoms with van der Waals surface area (Å²) in [6.45, 7) is 1.02. The van der Waals surface area contributed by atoms with Crippen LogP contribution in [0.25, 0.3) is 0 Å². The lowest BCUT2D eigenvalue weighted by atomic mass is 10.1. The molecule has 1 amide bonds. The van der Waals surface area contributed by atoms with Crippen molar-refractivity contribution in [1.29, 1.82) is 0 Å².